The summed E-state index contributed by atoms with van der Waals surface area (Å²) in [6, 6.07) is 20.3. The molecule has 0 fully saturated rings. The molecule has 0 spiro atoms. The predicted octanol–water partition coefficient (Wildman–Crippen LogP) is 4.89. The normalized spacial score (nSPS) is 11.6. The van der Waals surface area contributed by atoms with E-state index in [9.17, 15) is 14.0 Å². The van der Waals surface area contributed by atoms with E-state index in [4.69, 9.17) is 4.74 Å². The second-order valence-electron chi connectivity index (χ2n) is 7.49. The molecule has 0 unspecified atom stereocenters. The lowest BCUT2D eigenvalue weighted by molar-refractivity contribution is 0.0595. The predicted molar refractivity (Wildman–Crippen MR) is 122 cm³/mol. The van der Waals surface area contributed by atoms with E-state index >= 15 is 0 Å². The number of esters is 1. The monoisotopic (exact) mass is 443 g/mol. The van der Waals surface area contributed by atoms with Gasteiger partial charge in [-0.15, -0.1) is 0 Å². The van der Waals surface area contributed by atoms with Crippen molar-refractivity contribution in [2.75, 3.05) is 20.3 Å². The van der Waals surface area contributed by atoms with Crippen molar-refractivity contribution in [2.45, 2.75) is 12.3 Å². The maximum Gasteiger partial charge on any atom is 0.407 e. The highest BCUT2D eigenvalue weighted by Gasteiger charge is 2.28. The van der Waals surface area contributed by atoms with Crippen LogP contribution in [0.15, 0.2) is 66.7 Å². The Kier molecular flexibility index (Phi) is 6.70. The van der Waals surface area contributed by atoms with E-state index in [0.29, 0.717) is 18.5 Å². The number of ether oxygens (including phenoxy) is 2. The fourth-order valence-electron chi connectivity index (χ4n) is 3.91. The van der Waals surface area contributed by atoms with E-state index in [1.165, 1.54) is 36.4 Å². The molecule has 5 nitrogen and oxygen atoms in total. The van der Waals surface area contributed by atoms with Crippen molar-refractivity contribution in [3.8, 4) is 23.0 Å². The molecule has 33 heavy (non-hydrogen) atoms. The average molecular weight is 443 g/mol. The van der Waals surface area contributed by atoms with Gasteiger partial charge in [-0.2, -0.15) is 0 Å². The molecule has 0 saturated heterocycles. The van der Waals surface area contributed by atoms with Crippen molar-refractivity contribution in [3.63, 3.8) is 0 Å². The zero-order valence-corrected chi connectivity index (χ0v) is 18.1. The number of rotatable bonds is 5. The van der Waals surface area contributed by atoms with Crippen molar-refractivity contribution < 1.29 is 23.5 Å². The van der Waals surface area contributed by atoms with E-state index in [0.717, 1.165) is 11.1 Å². The first kappa shape index (κ1) is 22.1. The van der Waals surface area contributed by atoms with Gasteiger partial charge in [0.15, 0.2) is 0 Å². The van der Waals surface area contributed by atoms with Crippen LogP contribution in [0.2, 0.25) is 0 Å². The standard InChI is InChI=1S/C27H22FNO4/c1-32-26(30)23-16-18(13-14-25(23)28)8-6-7-15-29-27(31)33-17-24-21-11-4-2-9-19(21)20-10-3-5-12-22(20)24/h2-5,9-14,16,24H,7,15,17H2,1H3,(H,29,31). The largest absolute Gasteiger partial charge is 0.465 e. The van der Waals surface area contributed by atoms with Crippen LogP contribution in [-0.2, 0) is 9.47 Å². The summed E-state index contributed by atoms with van der Waals surface area (Å²) in [7, 11) is 1.19. The number of hydrogen-bond donors (Lipinski definition) is 1. The average Bonchev–Trinajstić information content (AvgIpc) is 3.16. The molecule has 0 aliphatic heterocycles. The number of carbonyl (C=O) groups is 2. The van der Waals surface area contributed by atoms with Gasteiger partial charge in [0.05, 0.1) is 12.7 Å². The van der Waals surface area contributed by atoms with Crippen molar-refractivity contribution in [2.24, 2.45) is 0 Å². The second kappa shape index (κ2) is 10.0. The zero-order valence-electron chi connectivity index (χ0n) is 18.1. The second-order valence-corrected chi connectivity index (χ2v) is 7.49. The van der Waals surface area contributed by atoms with Gasteiger partial charge in [-0.25, -0.2) is 14.0 Å². The van der Waals surface area contributed by atoms with E-state index in [1.54, 1.807) is 0 Å². The molecule has 4 rings (SSSR count). The number of amides is 1. The molecule has 6 heteroatoms. The molecule has 3 aromatic rings. The van der Waals surface area contributed by atoms with Crippen LogP contribution in [-0.4, -0.2) is 32.3 Å². The van der Waals surface area contributed by atoms with Gasteiger partial charge in [0.2, 0.25) is 0 Å². The Balaban J connectivity index is 1.28. The van der Waals surface area contributed by atoms with Crippen LogP contribution in [0.25, 0.3) is 11.1 Å². The van der Waals surface area contributed by atoms with E-state index in [-0.39, 0.29) is 18.1 Å². The van der Waals surface area contributed by atoms with Crippen LogP contribution in [0.3, 0.4) is 0 Å². The number of benzene rings is 3. The van der Waals surface area contributed by atoms with Gasteiger partial charge >= 0.3 is 12.1 Å². The van der Waals surface area contributed by atoms with Crippen molar-refractivity contribution in [1.82, 2.24) is 5.32 Å². The first-order valence-corrected chi connectivity index (χ1v) is 10.5. The first-order valence-electron chi connectivity index (χ1n) is 10.5. The highest BCUT2D eigenvalue weighted by atomic mass is 19.1. The molecule has 1 aliphatic carbocycles. The molecule has 1 N–H and O–H groups in total. The molecule has 0 radical (unpaired) electrons. The highest BCUT2D eigenvalue weighted by molar-refractivity contribution is 5.90. The van der Waals surface area contributed by atoms with Gasteiger partial charge in [0.25, 0.3) is 0 Å². The van der Waals surface area contributed by atoms with Gasteiger partial charge in [-0.05, 0) is 40.5 Å². The number of methoxy groups -OCH3 is 1. The molecule has 166 valence electrons. The summed E-state index contributed by atoms with van der Waals surface area (Å²) in [6.45, 7) is 0.548. The summed E-state index contributed by atoms with van der Waals surface area (Å²) >= 11 is 0. The van der Waals surface area contributed by atoms with Gasteiger partial charge in [-0.1, -0.05) is 60.4 Å². The maximum absolute atomic E-state index is 13.7. The van der Waals surface area contributed by atoms with Crippen LogP contribution in [0, 0.1) is 17.7 Å². The van der Waals surface area contributed by atoms with Gasteiger partial charge in [0.1, 0.15) is 12.4 Å². The molecular formula is C27H22FNO4. The third-order valence-corrected chi connectivity index (χ3v) is 5.47. The van der Waals surface area contributed by atoms with Crippen LogP contribution in [0.1, 0.15) is 39.4 Å². The molecule has 0 heterocycles. The minimum absolute atomic E-state index is 0.00502. The number of fused-ring (bicyclic) bond motifs is 3. The Hall–Kier alpha value is -4.11. The van der Waals surface area contributed by atoms with Crippen LogP contribution >= 0.6 is 0 Å². The Morgan fingerprint density at radius 3 is 2.33 bits per heavy atom. The lowest BCUT2D eigenvalue weighted by Gasteiger charge is -2.14. The molecule has 0 bridgehead atoms. The van der Waals surface area contributed by atoms with Crippen LogP contribution in [0.4, 0.5) is 9.18 Å². The van der Waals surface area contributed by atoms with Gasteiger partial charge in [0, 0.05) is 24.4 Å². The van der Waals surface area contributed by atoms with Crippen molar-refractivity contribution in [3.05, 3.63) is 94.8 Å². The quantitative estimate of drug-likeness (QED) is 0.346. The highest BCUT2D eigenvalue weighted by Crippen LogP contribution is 2.44. The summed E-state index contributed by atoms with van der Waals surface area (Å²) in [4.78, 5) is 23.7. The molecular weight excluding hydrogens is 421 g/mol. The number of hydrogen-bond acceptors (Lipinski definition) is 4. The molecule has 0 saturated carbocycles. The minimum Gasteiger partial charge on any atom is -0.465 e. The maximum atomic E-state index is 13.7. The third-order valence-electron chi connectivity index (χ3n) is 5.47. The Morgan fingerprint density at radius 2 is 1.67 bits per heavy atom. The summed E-state index contributed by atoms with van der Waals surface area (Å²) in [5, 5.41) is 2.69. The summed E-state index contributed by atoms with van der Waals surface area (Å²) in [5.74, 6) is 4.32. The molecule has 3 aromatic carbocycles. The zero-order chi connectivity index (χ0) is 23.2. The lowest BCUT2D eigenvalue weighted by atomic mass is 9.98. The Labute approximate surface area is 191 Å². The Morgan fingerprint density at radius 1 is 1.00 bits per heavy atom. The van der Waals surface area contributed by atoms with Crippen LogP contribution in [0.5, 0.6) is 0 Å². The van der Waals surface area contributed by atoms with E-state index in [2.05, 4.69) is 46.2 Å². The van der Waals surface area contributed by atoms with Gasteiger partial charge < -0.3 is 14.8 Å². The lowest BCUT2D eigenvalue weighted by Crippen LogP contribution is -2.26. The topological polar surface area (TPSA) is 64.6 Å². The summed E-state index contributed by atoms with van der Waals surface area (Å²) < 4.78 is 23.7. The van der Waals surface area contributed by atoms with Crippen molar-refractivity contribution >= 4 is 12.1 Å². The Bertz CT molecular complexity index is 1210. The van der Waals surface area contributed by atoms with Gasteiger partial charge in [-0.3, -0.25) is 0 Å². The molecule has 1 aliphatic rings. The SMILES string of the molecule is COC(=O)c1cc(C#CCCNC(=O)OCC2c3ccccc3-c3ccccc32)ccc1F. The number of nitrogens with one attached hydrogen (secondary N) is 1. The molecule has 1 amide bonds. The number of carbonyl (C=O) groups excluding carboxylic acids is 2. The van der Waals surface area contributed by atoms with E-state index < -0.39 is 17.9 Å². The van der Waals surface area contributed by atoms with Crippen molar-refractivity contribution in [1.29, 1.82) is 0 Å². The molecule has 0 atom stereocenters. The van der Waals surface area contributed by atoms with E-state index in [1.807, 2.05) is 24.3 Å². The fraction of sp³-hybridized carbons (Fsp3) is 0.185. The number of alkyl carbamates (subject to hydrolysis) is 1. The number of halogens is 1. The molecule has 0 aromatic heterocycles. The first-order chi connectivity index (χ1) is 16.1. The summed E-state index contributed by atoms with van der Waals surface area (Å²) in [5.41, 5.74) is 4.98. The fourth-order valence-corrected chi connectivity index (χ4v) is 3.91. The minimum atomic E-state index is -0.756. The third kappa shape index (κ3) is 4.88. The smallest absolute Gasteiger partial charge is 0.407 e. The van der Waals surface area contributed by atoms with Crippen LogP contribution < -0.4 is 5.32 Å². The summed E-state index contributed by atoms with van der Waals surface area (Å²) in [6.07, 6.45) is -0.136.